The predicted octanol–water partition coefficient (Wildman–Crippen LogP) is 2.02. The van der Waals surface area contributed by atoms with Crippen LogP contribution in [0.4, 0.5) is 0 Å². The largest absolute Gasteiger partial charge is 0.492 e. The van der Waals surface area contributed by atoms with Gasteiger partial charge in [-0.3, -0.25) is 15.0 Å². The summed E-state index contributed by atoms with van der Waals surface area (Å²) in [6.07, 6.45) is 3.28. The summed E-state index contributed by atoms with van der Waals surface area (Å²) >= 11 is 0. The molecule has 1 rings (SSSR count). The van der Waals surface area contributed by atoms with Crippen LogP contribution in [0.1, 0.15) is 50.7 Å². The van der Waals surface area contributed by atoms with Gasteiger partial charge in [-0.2, -0.15) is 9.94 Å². The van der Waals surface area contributed by atoms with Crippen LogP contribution in [0, 0.1) is 24.2 Å². The number of amides is 1. The van der Waals surface area contributed by atoms with Gasteiger partial charge in [0.2, 0.25) is 11.8 Å². The van der Waals surface area contributed by atoms with Crippen LogP contribution in [-0.4, -0.2) is 15.7 Å². The Hall–Kier alpha value is -2.29. The number of hydrogen-bond acceptors (Lipinski definition) is 4. The van der Waals surface area contributed by atoms with Crippen molar-refractivity contribution in [1.29, 1.82) is 5.26 Å². The van der Waals surface area contributed by atoms with Crippen molar-refractivity contribution in [3.63, 3.8) is 0 Å². The molecule has 114 valence electrons. The topological polar surface area (TPSA) is 95.1 Å². The van der Waals surface area contributed by atoms with Gasteiger partial charge in [0, 0.05) is 12.0 Å². The lowest BCUT2D eigenvalue weighted by molar-refractivity contribution is -0.121. The molecule has 1 atom stereocenters. The summed E-state index contributed by atoms with van der Waals surface area (Å²) < 4.78 is 0.739. The Morgan fingerprint density at radius 1 is 1.52 bits per heavy atom. The second-order valence-electron chi connectivity index (χ2n) is 5.03. The number of aromatic nitrogens is 1. The quantitative estimate of drug-likeness (QED) is 0.838. The van der Waals surface area contributed by atoms with Crippen molar-refractivity contribution in [2.75, 3.05) is 5.43 Å². The van der Waals surface area contributed by atoms with Crippen LogP contribution in [0.15, 0.2) is 10.9 Å². The molecule has 0 fully saturated rings. The average molecular weight is 291 g/mol. The number of nitriles is 1. The normalized spacial score (nSPS) is 11.7. The molecule has 2 N–H and O–H groups in total. The molecule has 21 heavy (non-hydrogen) atoms. The highest BCUT2D eigenvalue weighted by Gasteiger charge is 2.19. The SMILES string of the molecule is CCCCC(CC)C(=O)Nn1c(O)c(C#N)c(C)cc1=O. The number of carbonyl (C=O) groups excluding carboxylic acids is 1. The molecule has 0 aliphatic rings. The van der Waals surface area contributed by atoms with E-state index in [0.717, 1.165) is 23.9 Å². The third kappa shape index (κ3) is 3.85. The van der Waals surface area contributed by atoms with E-state index in [1.165, 1.54) is 6.07 Å². The average Bonchev–Trinajstić information content (AvgIpc) is 2.44. The van der Waals surface area contributed by atoms with Crippen LogP contribution < -0.4 is 11.0 Å². The van der Waals surface area contributed by atoms with Gasteiger partial charge in [0.1, 0.15) is 11.6 Å². The van der Waals surface area contributed by atoms with E-state index in [0.29, 0.717) is 12.0 Å². The molecule has 1 aromatic heterocycles. The molecular weight excluding hydrogens is 270 g/mol. The first-order chi connectivity index (χ1) is 9.96. The van der Waals surface area contributed by atoms with Crippen molar-refractivity contribution < 1.29 is 9.90 Å². The summed E-state index contributed by atoms with van der Waals surface area (Å²) in [5.41, 5.74) is 2.20. The molecule has 0 saturated heterocycles. The zero-order chi connectivity index (χ0) is 16.0. The van der Waals surface area contributed by atoms with Crippen LogP contribution in [-0.2, 0) is 4.79 Å². The lowest BCUT2D eigenvalue weighted by Gasteiger charge is -2.17. The number of nitrogens with one attached hydrogen (secondary N) is 1. The number of rotatable bonds is 6. The molecule has 0 saturated carbocycles. The fraction of sp³-hybridized carbons (Fsp3) is 0.533. The lowest BCUT2D eigenvalue weighted by Crippen LogP contribution is -2.36. The predicted molar refractivity (Wildman–Crippen MR) is 79.5 cm³/mol. The van der Waals surface area contributed by atoms with Gasteiger partial charge in [-0.1, -0.05) is 26.7 Å². The maximum Gasteiger partial charge on any atom is 0.272 e. The third-order valence-electron chi connectivity index (χ3n) is 3.49. The number of unbranched alkanes of at least 4 members (excludes halogenated alkanes) is 1. The Morgan fingerprint density at radius 3 is 2.71 bits per heavy atom. The number of hydrogen-bond donors (Lipinski definition) is 2. The van der Waals surface area contributed by atoms with E-state index in [9.17, 15) is 14.7 Å². The van der Waals surface area contributed by atoms with Gasteiger partial charge in [0.15, 0.2) is 0 Å². The molecule has 0 spiro atoms. The van der Waals surface area contributed by atoms with Crippen molar-refractivity contribution >= 4 is 5.91 Å². The summed E-state index contributed by atoms with van der Waals surface area (Å²) in [6.45, 7) is 5.50. The number of aryl methyl sites for hydroxylation is 1. The maximum absolute atomic E-state index is 12.2. The van der Waals surface area contributed by atoms with Crippen molar-refractivity contribution in [3.05, 3.63) is 27.5 Å². The van der Waals surface area contributed by atoms with Crippen LogP contribution in [0.25, 0.3) is 0 Å². The van der Waals surface area contributed by atoms with Crippen LogP contribution in [0.3, 0.4) is 0 Å². The Labute approximate surface area is 124 Å². The molecule has 6 nitrogen and oxygen atoms in total. The first kappa shape index (κ1) is 16.8. The minimum Gasteiger partial charge on any atom is -0.492 e. The summed E-state index contributed by atoms with van der Waals surface area (Å²) in [4.78, 5) is 24.0. The number of carbonyl (C=O) groups is 1. The molecule has 0 aliphatic carbocycles. The Bertz CT molecular complexity index is 614. The second-order valence-corrected chi connectivity index (χ2v) is 5.03. The molecule has 0 bridgehead atoms. The Balaban J connectivity index is 3.05. The zero-order valence-electron chi connectivity index (χ0n) is 12.6. The molecule has 1 unspecified atom stereocenters. The second kappa shape index (κ2) is 7.48. The van der Waals surface area contributed by atoms with E-state index in [2.05, 4.69) is 5.43 Å². The number of aromatic hydroxyl groups is 1. The van der Waals surface area contributed by atoms with Crippen molar-refractivity contribution in [2.24, 2.45) is 5.92 Å². The molecule has 0 aromatic carbocycles. The van der Waals surface area contributed by atoms with E-state index in [4.69, 9.17) is 5.26 Å². The van der Waals surface area contributed by atoms with Crippen molar-refractivity contribution in [2.45, 2.75) is 46.5 Å². The van der Waals surface area contributed by atoms with Crippen molar-refractivity contribution in [1.82, 2.24) is 4.68 Å². The van der Waals surface area contributed by atoms with E-state index in [-0.39, 0.29) is 17.4 Å². The highest BCUT2D eigenvalue weighted by Crippen LogP contribution is 2.17. The first-order valence-electron chi connectivity index (χ1n) is 7.12. The van der Waals surface area contributed by atoms with Gasteiger partial charge >= 0.3 is 0 Å². The van der Waals surface area contributed by atoms with E-state index in [1.54, 1.807) is 6.92 Å². The molecule has 0 radical (unpaired) electrons. The molecular formula is C15H21N3O3. The van der Waals surface area contributed by atoms with Gasteiger partial charge in [0.25, 0.3) is 5.56 Å². The zero-order valence-corrected chi connectivity index (χ0v) is 12.6. The van der Waals surface area contributed by atoms with E-state index in [1.807, 2.05) is 19.9 Å². The summed E-state index contributed by atoms with van der Waals surface area (Å²) in [5.74, 6) is -1.07. The number of pyridine rings is 1. The smallest absolute Gasteiger partial charge is 0.272 e. The summed E-state index contributed by atoms with van der Waals surface area (Å²) in [6, 6.07) is 3.03. The molecule has 0 aliphatic heterocycles. The van der Waals surface area contributed by atoms with E-state index < -0.39 is 11.4 Å². The Morgan fingerprint density at radius 2 is 2.19 bits per heavy atom. The van der Waals surface area contributed by atoms with Gasteiger partial charge < -0.3 is 5.11 Å². The molecule has 1 aromatic rings. The van der Waals surface area contributed by atoms with Crippen LogP contribution >= 0.6 is 0 Å². The Kier molecular flexibility index (Phi) is 5.97. The minimum absolute atomic E-state index is 0.0171. The van der Waals surface area contributed by atoms with Crippen LogP contribution in [0.2, 0.25) is 0 Å². The fourth-order valence-corrected chi connectivity index (χ4v) is 2.13. The molecule has 1 heterocycles. The van der Waals surface area contributed by atoms with Gasteiger partial charge in [-0.15, -0.1) is 0 Å². The van der Waals surface area contributed by atoms with E-state index >= 15 is 0 Å². The summed E-state index contributed by atoms with van der Waals surface area (Å²) in [5, 5.41) is 18.9. The molecule has 1 amide bonds. The van der Waals surface area contributed by atoms with Gasteiger partial charge in [-0.25, -0.2) is 0 Å². The lowest BCUT2D eigenvalue weighted by atomic mass is 9.99. The maximum atomic E-state index is 12.2. The monoisotopic (exact) mass is 291 g/mol. The van der Waals surface area contributed by atoms with Crippen LogP contribution in [0.5, 0.6) is 5.88 Å². The molecule has 6 heteroatoms. The van der Waals surface area contributed by atoms with Crippen molar-refractivity contribution in [3.8, 4) is 11.9 Å². The number of nitrogens with zero attached hydrogens (tertiary/aromatic N) is 2. The highest BCUT2D eigenvalue weighted by atomic mass is 16.3. The first-order valence-corrected chi connectivity index (χ1v) is 7.12. The van der Waals surface area contributed by atoms with Gasteiger partial charge in [0.05, 0.1) is 0 Å². The standard InChI is InChI=1S/C15H21N3O3/c1-4-6-7-11(5-2)14(20)17-18-13(19)8-10(3)12(9-16)15(18)21/h8,11,21H,4-7H2,1-3H3,(H,17,20). The third-order valence-corrected chi connectivity index (χ3v) is 3.49. The minimum atomic E-state index is -0.567. The van der Waals surface area contributed by atoms with Gasteiger partial charge in [-0.05, 0) is 25.3 Å². The fourth-order valence-electron chi connectivity index (χ4n) is 2.13. The highest BCUT2D eigenvalue weighted by molar-refractivity contribution is 5.86. The summed E-state index contributed by atoms with van der Waals surface area (Å²) in [7, 11) is 0.